The summed E-state index contributed by atoms with van der Waals surface area (Å²) in [5.41, 5.74) is 2.11. The molecule has 1 aliphatic rings. The highest BCUT2D eigenvalue weighted by Crippen LogP contribution is 2.35. The lowest BCUT2D eigenvalue weighted by atomic mass is 10.0. The maximum Gasteiger partial charge on any atom is 0.278 e. The minimum Gasteiger partial charge on any atom is -0.497 e. The van der Waals surface area contributed by atoms with Crippen LogP contribution >= 0.6 is 0 Å². The van der Waals surface area contributed by atoms with Crippen LogP contribution in [0.25, 0.3) is 5.57 Å². The molecule has 30 heavy (non-hydrogen) atoms. The molecule has 0 bridgehead atoms. The molecule has 0 radical (unpaired) electrons. The highest BCUT2D eigenvalue weighted by molar-refractivity contribution is 6.36. The second-order valence-corrected chi connectivity index (χ2v) is 6.55. The third-order valence-corrected chi connectivity index (χ3v) is 4.65. The van der Waals surface area contributed by atoms with E-state index in [1.807, 2.05) is 0 Å². The normalized spacial score (nSPS) is 13.5. The fraction of sp³-hybridized carbons (Fsp3) is 0.227. The molecule has 0 aliphatic carbocycles. The van der Waals surface area contributed by atoms with E-state index in [0.29, 0.717) is 28.4 Å². The molecule has 0 saturated heterocycles. The maximum absolute atomic E-state index is 13.0. The van der Waals surface area contributed by atoms with Crippen LogP contribution in [0.2, 0.25) is 0 Å². The minimum atomic E-state index is -0.415. The molecule has 0 saturated carbocycles. The zero-order chi connectivity index (χ0) is 21.8. The molecule has 0 unspecified atom stereocenters. The summed E-state index contributed by atoms with van der Waals surface area (Å²) >= 11 is 0. The van der Waals surface area contributed by atoms with Crippen molar-refractivity contribution in [3.63, 3.8) is 0 Å². The number of ether oxygens (including phenoxy) is 2. The predicted octanol–water partition coefficient (Wildman–Crippen LogP) is 2.87. The number of methoxy groups -OCH3 is 2. The predicted molar refractivity (Wildman–Crippen MR) is 113 cm³/mol. The molecule has 3 rings (SSSR count). The molecule has 156 valence electrons. The molecule has 0 aromatic heterocycles. The van der Waals surface area contributed by atoms with Crippen LogP contribution < -0.4 is 20.1 Å². The van der Waals surface area contributed by atoms with Crippen LogP contribution in [0.5, 0.6) is 11.5 Å². The quantitative estimate of drug-likeness (QED) is 0.683. The molecule has 0 spiro atoms. The Morgan fingerprint density at radius 1 is 1.00 bits per heavy atom. The van der Waals surface area contributed by atoms with Crippen LogP contribution in [0, 0.1) is 0 Å². The first kappa shape index (κ1) is 20.9. The molecular weight excluding hydrogens is 386 g/mol. The molecule has 2 aromatic carbocycles. The van der Waals surface area contributed by atoms with E-state index in [4.69, 9.17) is 9.47 Å². The van der Waals surface area contributed by atoms with E-state index < -0.39 is 5.91 Å². The van der Waals surface area contributed by atoms with Crippen molar-refractivity contribution in [3.05, 3.63) is 53.7 Å². The van der Waals surface area contributed by atoms with E-state index in [0.717, 1.165) is 0 Å². The van der Waals surface area contributed by atoms with Gasteiger partial charge < -0.3 is 20.1 Å². The van der Waals surface area contributed by atoms with Crippen molar-refractivity contribution in [2.24, 2.45) is 0 Å². The van der Waals surface area contributed by atoms with Crippen LogP contribution in [0.15, 0.2) is 48.2 Å². The maximum atomic E-state index is 13.0. The summed E-state index contributed by atoms with van der Waals surface area (Å²) in [5.74, 6) is 0.0767. The van der Waals surface area contributed by atoms with Gasteiger partial charge in [0.15, 0.2) is 0 Å². The fourth-order valence-corrected chi connectivity index (χ4v) is 3.21. The summed E-state index contributed by atoms with van der Waals surface area (Å²) in [6, 6.07) is 11.9. The molecular formula is C22H23N3O5. The number of hydrogen-bond donors (Lipinski definition) is 2. The Morgan fingerprint density at radius 3 is 2.27 bits per heavy atom. The number of nitrogens with one attached hydrogen (secondary N) is 2. The Hall–Kier alpha value is -3.81. The van der Waals surface area contributed by atoms with E-state index >= 15 is 0 Å². The molecule has 0 fully saturated rings. The number of imide groups is 1. The largest absolute Gasteiger partial charge is 0.497 e. The van der Waals surface area contributed by atoms with E-state index in [1.165, 1.54) is 18.9 Å². The smallest absolute Gasteiger partial charge is 0.278 e. The molecule has 8 heteroatoms. The van der Waals surface area contributed by atoms with E-state index in [2.05, 4.69) is 10.6 Å². The van der Waals surface area contributed by atoms with Gasteiger partial charge in [-0.15, -0.1) is 0 Å². The first-order valence-electron chi connectivity index (χ1n) is 9.37. The highest BCUT2D eigenvalue weighted by atomic mass is 16.5. The third-order valence-electron chi connectivity index (χ3n) is 4.65. The number of nitrogens with zero attached hydrogens (tertiary/aromatic N) is 1. The zero-order valence-electron chi connectivity index (χ0n) is 17.2. The number of carbonyl (C=O) groups is 3. The summed E-state index contributed by atoms with van der Waals surface area (Å²) in [4.78, 5) is 38.3. The standard InChI is InChI=1S/C22H23N3O5/c1-5-25-21(27)19(14-6-8-15(9-7-14)23-13(2)26)20(22(25)28)24-17-11-10-16(29-3)12-18(17)30-4/h6-12,24H,5H2,1-4H3,(H,23,26). The van der Waals surface area contributed by atoms with Crippen LogP contribution in [0.4, 0.5) is 11.4 Å². The summed E-state index contributed by atoms with van der Waals surface area (Å²) in [7, 11) is 3.06. The van der Waals surface area contributed by atoms with Crippen LogP contribution in [-0.4, -0.2) is 43.4 Å². The van der Waals surface area contributed by atoms with Crippen molar-refractivity contribution in [1.82, 2.24) is 4.90 Å². The van der Waals surface area contributed by atoms with Crippen LogP contribution in [0.1, 0.15) is 19.4 Å². The van der Waals surface area contributed by atoms with E-state index in [9.17, 15) is 14.4 Å². The van der Waals surface area contributed by atoms with Gasteiger partial charge >= 0.3 is 0 Å². The van der Waals surface area contributed by atoms with Crippen molar-refractivity contribution in [3.8, 4) is 11.5 Å². The minimum absolute atomic E-state index is 0.164. The molecule has 0 atom stereocenters. The Kier molecular flexibility index (Phi) is 6.06. The molecule has 2 N–H and O–H groups in total. The van der Waals surface area contributed by atoms with Gasteiger partial charge in [-0.1, -0.05) is 12.1 Å². The number of carbonyl (C=O) groups excluding carboxylic acids is 3. The summed E-state index contributed by atoms with van der Waals surface area (Å²) < 4.78 is 10.6. The Balaban J connectivity index is 2.05. The molecule has 3 amide bonds. The van der Waals surface area contributed by atoms with Crippen LogP contribution in [0.3, 0.4) is 0 Å². The lowest BCUT2D eigenvalue weighted by Crippen LogP contribution is -2.32. The lowest BCUT2D eigenvalue weighted by molar-refractivity contribution is -0.136. The number of anilines is 2. The van der Waals surface area contributed by atoms with Gasteiger partial charge in [-0.3, -0.25) is 19.3 Å². The lowest BCUT2D eigenvalue weighted by Gasteiger charge is -2.14. The van der Waals surface area contributed by atoms with E-state index in [-0.39, 0.29) is 29.6 Å². The van der Waals surface area contributed by atoms with Gasteiger partial charge in [0, 0.05) is 25.2 Å². The van der Waals surface area contributed by atoms with Crippen molar-refractivity contribution in [2.75, 3.05) is 31.4 Å². The zero-order valence-corrected chi connectivity index (χ0v) is 17.2. The van der Waals surface area contributed by atoms with Gasteiger partial charge in [-0.2, -0.15) is 0 Å². The average Bonchev–Trinajstić information content (AvgIpc) is 2.97. The van der Waals surface area contributed by atoms with Crippen molar-refractivity contribution >= 4 is 34.7 Å². The summed E-state index contributed by atoms with van der Waals surface area (Å²) in [5, 5.41) is 5.75. The summed E-state index contributed by atoms with van der Waals surface area (Å²) in [6.45, 7) is 3.40. The number of likely N-dealkylation sites (N-methyl/N-ethyl adjacent to an activating group) is 1. The van der Waals surface area contributed by atoms with Gasteiger partial charge in [0.25, 0.3) is 11.8 Å². The fourth-order valence-electron chi connectivity index (χ4n) is 3.21. The van der Waals surface area contributed by atoms with Gasteiger partial charge in [0.1, 0.15) is 17.2 Å². The van der Waals surface area contributed by atoms with Gasteiger partial charge in [0.05, 0.1) is 25.5 Å². The first-order chi connectivity index (χ1) is 14.4. The Bertz CT molecular complexity index is 1030. The molecule has 2 aromatic rings. The van der Waals surface area contributed by atoms with Crippen molar-refractivity contribution in [2.45, 2.75) is 13.8 Å². The monoisotopic (exact) mass is 409 g/mol. The second-order valence-electron chi connectivity index (χ2n) is 6.55. The van der Waals surface area contributed by atoms with Crippen molar-refractivity contribution in [1.29, 1.82) is 0 Å². The SMILES string of the molecule is CCN1C(=O)C(Nc2ccc(OC)cc2OC)=C(c2ccc(NC(C)=O)cc2)C1=O. The van der Waals surface area contributed by atoms with Gasteiger partial charge in [-0.05, 0) is 36.8 Å². The number of benzene rings is 2. The number of hydrogen-bond acceptors (Lipinski definition) is 6. The first-order valence-corrected chi connectivity index (χ1v) is 9.37. The number of amides is 3. The Labute approximate surface area is 174 Å². The molecule has 8 nitrogen and oxygen atoms in total. The van der Waals surface area contributed by atoms with Crippen LogP contribution in [-0.2, 0) is 14.4 Å². The van der Waals surface area contributed by atoms with Gasteiger partial charge in [0.2, 0.25) is 5.91 Å². The van der Waals surface area contributed by atoms with E-state index in [1.54, 1.807) is 56.5 Å². The average molecular weight is 409 g/mol. The number of rotatable bonds is 7. The third kappa shape index (κ3) is 3.98. The second kappa shape index (κ2) is 8.69. The molecule has 1 aliphatic heterocycles. The topological polar surface area (TPSA) is 97.0 Å². The van der Waals surface area contributed by atoms with Crippen molar-refractivity contribution < 1.29 is 23.9 Å². The Morgan fingerprint density at radius 2 is 1.70 bits per heavy atom. The van der Waals surface area contributed by atoms with Gasteiger partial charge in [-0.25, -0.2) is 0 Å². The summed E-state index contributed by atoms with van der Waals surface area (Å²) in [6.07, 6.45) is 0. The molecule has 1 heterocycles. The highest BCUT2D eigenvalue weighted by Gasteiger charge is 2.38.